The number of aliphatic imine (C=N–C) groups is 1. The first-order valence-electron chi connectivity index (χ1n) is 8.00. The number of ether oxygens (including phenoxy) is 1. The summed E-state index contributed by atoms with van der Waals surface area (Å²) in [6.07, 6.45) is 4.18. The van der Waals surface area contributed by atoms with Crippen LogP contribution in [0, 0.1) is 5.41 Å². The van der Waals surface area contributed by atoms with E-state index >= 15 is 0 Å². The lowest BCUT2D eigenvalue weighted by Gasteiger charge is -2.25. The molecule has 0 amide bonds. The van der Waals surface area contributed by atoms with E-state index in [0.29, 0.717) is 5.41 Å². The van der Waals surface area contributed by atoms with Crippen LogP contribution in [0.25, 0.3) is 0 Å². The van der Waals surface area contributed by atoms with Gasteiger partial charge in [-0.25, -0.2) is 4.98 Å². The first-order chi connectivity index (χ1) is 10.8. The van der Waals surface area contributed by atoms with Crippen LogP contribution in [0.1, 0.15) is 12.8 Å². The molecule has 0 saturated carbocycles. The van der Waals surface area contributed by atoms with Crippen molar-refractivity contribution in [2.75, 3.05) is 51.8 Å². The van der Waals surface area contributed by atoms with Crippen LogP contribution in [0.2, 0.25) is 0 Å². The zero-order chi connectivity index (χ0) is 15.3. The molecule has 3 heterocycles. The summed E-state index contributed by atoms with van der Waals surface area (Å²) < 4.78 is 5.59. The first kappa shape index (κ1) is 18.3. The van der Waals surface area contributed by atoms with Crippen molar-refractivity contribution >= 4 is 35.8 Å². The minimum atomic E-state index is 0. The van der Waals surface area contributed by atoms with Gasteiger partial charge in [0.15, 0.2) is 5.96 Å². The third-order valence-electron chi connectivity index (χ3n) is 4.51. The van der Waals surface area contributed by atoms with Crippen molar-refractivity contribution in [3.05, 3.63) is 24.4 Å². The molecule has 1 unspecified atom stereocenters. The number of halogens is 1. The summed E-state index contributed by atoms with van der Waals surface area (Å²) in [5, 5.41) is 6.73. The maximum atomic E-state index is 5.59. The lowest BCUT2D eigenvalue weighted by Crippen LogP contribution is -2.43. The molecule has 2 saturated heterocycles. The molecule has 1 atom stereocenters. The van der Waals surface area contributed by atoms with Gasteiger partial charge in [0.05, 0.1) is 6.61 Å². The van der Waals surface area contributed by atoms with Crippen molar-refractivity contribution in [3.63, 3.8) is 0 Å². The molecule has 0 bridgehead atoms. The van der Waals surface area contributed by atoms with E-state index in [0.717, 1.165) is 51.2 Å². The van der Waals surface area contributed by atoms with Gasteiger partial charge in [-0.1, -0.05) is 6.07 Å². The molecule has 0 aliphatic carbocycles. The highest BCUT2D eigenvalue weighted by Crippen LogP contribution is 2.38. The van der Waals surface area contributed by atoms with E-state index in [9.17, 15) is 0 Å². The number of likely N-dealkylation sites (tertiary alicyclic amines) is 1. The van der Waals surface area contributed by atoms with Gasteiger partial charge in [-0.15, -0.1) is 24.0 Å². The second-order valence-electron chi connectivity index (χ2n) is 6.09. The summed E-state index contributed by atoms with van der Waals surface area (Å²) in [7, 11) is 1.85. The number of pyridine rings is 1. The first-order valence-corrected chi connectivity index (χ1v) is 8.00. The predicted molar refractivity (Wildman–Crippen MR) is 104 cm³/mol. The maximum absolute atomic E-state index is 5.59. The molecule has 2 aliphatic rings. The molecule has 1 aromatic rings. The molecular weight excluding hydrogens is 405 g/mol. The van der Waals surface area contributed by atoms with Gasteiger partial charge < -0.3 is 20.3 Å². The number of nitrogens with one attached hydrogen (secondary N) is 2. The maximum Gasteiger partial charge on any atom is 0.193 e. The Balaban J connectivity index is 0.00000192. The Morgan fingerprint density at radius 1 is 1.39 bits per heavy atom. The van der Waals surface area contributed by atoms with Crippen LogP contribution < -0.4 is 10.6 Å². The largest absolute Gasteiger partial charge is 0.381 e. The number of hydrogen-bond acceptors (Lipinski definition) is 4. The van der Waals surface area contributed by atoms with Crippen molar-refractivity contribution in [2.45, 2.75) is 12.8 Å². The van der Waals surface area contributed by atoms with Gasteiger partial charge in [0, 0.05) is 51.4 Å². The van der Waals surface area contributed by atoms with Crippen LogP contribution in [-0.2, 0) is 4.74 Å². The quantitative estimate of drug-likeness (QED) is 0.330. The fourth-order valence-electron chi connectivity index (χ4n) is 3.25. The average molecular weight is 431 g/mol. The van der Waals surface area contributed by atoms with Gasteiger partial charge >= 0.3 is 0 Å². The number of rotatable bonds is 4. The van der Waals surface area contributed by atoms with Crippen LogP contribution in [0.15, 0.2) is 29.4 Å². The number of hydrogen-bond donors (Lipinski definition) is 2. The highest BCUT2D eigenvalue weighted by Gasteiger charge is 2.42. The van der Waals surface area contributed by atoms with Crippen molar-refractivity contribution in [2.24, 2.45) is 10.4 Å². The number of aromatic nitrogens is 1. The summed E-state index contributed by atoms with van der Waals surface area (Å²) in [6, 6.07) is 5.87. The van der Waals surface area contributed by atoms with E-state index in [1.54, 1.807) is 6.20 Å². The molecule has 6 nitrogen and oxygen atoms in total. The standard InChI is InChI=1S/C16H25N5O.HI/c1-17-15(20-9-8-19-14-4-2-3-7-18-14)21-10-5-16(12-21)6-11-22-13-16;/h2-4,7H,5-6,8-13H2,1H3,(H,17,20)(H,18,19);1H. The van der Waals surface area contributed by atoms with Crippen molar-refractivity contribution in [1.29, 1.82) is 0 Å². The lowest BCUT2D eigenvalue weighted by atomic mass is 9.87. The van der Waals surface area contributed by atoms with Gasteiger partial charge in [-0.2, -0.15) is 0 Å². The van der Waals surface area contributed by atoms with Gasteiger partial charge in [-0.05, 0) is 25.0 Å². The zero-order valence-corrected chi connectivity index (χ0v) is 16.0. The summed E-state index contributed by atoms with van der Waals surface area (Å²) in [6.45, 7) is 5.58. The van der Waals surface area contributed by atoms with E-state index in [1.807, 2.05) is 25.2 Å². The van der Waals surface area contributed by atoms with Crippen LogP contribution in [-0.4, -0.2) is 62.3 Å². The molecule has 2 aliphatic heterocycles. The fourth-order valence-corrected chi connectivity index (χ4v) is 3.25. The van der Waals surface area contributed by atoms with E-state index in [4.69, 9.17) is 4.74 Å². The Morgan fingerprint density at radius 2 is 2.30 bits per heavy atom. The lowest BCUT2D eigenvalue weighted by molar-refractivity contribution is 0.156. The monoisotopic (exact) mass is 431 g/mol. The number of guanidine groups is 1. The second kappa shape index (κ2) is 8.68. The third kappa shape index (κ3) is 4.69. The normalized spacial score (nSPS) is 23.9. The van der Waals surface area contributed by atoms with E-state index in [1.165, 1.54) is 12.8 Å². The van der Waals surface area contributed by atoms with Crippen molar-refractivity contribution in [3.8, 4) is 0 Å². The molecular formula is C16H26IN5O. The molecule has 0 aromatic carbocycles. The number of anilines is 1. The second-order valence-corrected chi connectivity index (χ2v) is 6.09. The third-order valence-corrected chi connectivity index (χ3v) is 4.51. The summed E-state index contributed by atoms with van der Waals surface area (Å²) in [4.78, 5) is 11.0. The van der Waals surface area contributed by atoms with Crippen LogP contribution in [0.4, 0.5) is 5.82 Å². The van der Waals surface area contributed by atoms with Crippen molar-refractivity contribution in [1.82, 2.24) is 15.2 Å². The smallest absolute Gasteiger partial charge is 0.193 e. The molecule has 3 rings (SSSR count). The molecule has 1 spiro atoms. The Labute approximate surface area is 155 Å². The van der Waals surface area contributed by atoms with E-state index in [-0.39, 0.29) is 24.0 Å². The molecule has 128 valence electrons. The van der Waals surface area contributed by atoms with Crippen LogP contribution in [0.3, 0.4) is 0 Å². The molecule has 1 aromatic heterocycles. The van der Waals surface area contributed by atoms with Crippen LogP contribution >= 0.6 is 24.0 Å². The topological polar surface area (TPSA) is 61.8 Å². The summed E-state index contributed by atoms with van der Waals surface area (Å²) in [5.74, 6) is 1.90. The Hall–Kier alpha value is -1.09. The summed E-state index contributed by atoms with van der Waals surface area (Å²) in [5.41, 5.74) is 0.365. The highest BCUT2D eigenvalue weighted by molar-refractivity contribution is 14.0. The van der Waals surface area contributed by atoms with Gasteiger partial charge in [0.1, 0.15) is 5.82 Å². The Morgan fingerprint density at radius 3 is 3.00 bits per heavy atom. The number of nitrogens with zero attached hydrogens (tertiary/aromatic N) is 3. The Kier molecular flexibility index (Phi) is 6.88. The average Bonchev–Trinajstić information content (AvgIpc) is 3.19. The van der Waals surface area contributed by atoms with Crippen LogP contribution in [0.5, 0.6) is 0 Å². The minimum absolute atomic E-state index is 0. The van der Waals surface area contributed by atoms with Gasteiger partial charge in [0.25, 0.3) is 0 Å². The summed E-state index contributed by atoms with van der Waals surface area (Å²) >= 11 is 0. The molecule has 2 fully saturated rings. The fraction of sp³-hybridized carbons (Fsp3) is 0.625. The molecule has 7 heteroatoms. The molecule has 0 radical (unpaired) electrons. The molecule has 23 heavy (non-hydrogen) atoms. The predicted octanol–water partition coefficient (Wildman–Crippen LogP) is 1.80. The van der Waals surface area contributed by atoms with Gasteiger partial charge in [-0.3, -0.25) is 4.99 Å². The van der Waals surface area contributed by atoms with E-state index in [2.05, 4.69) is 25.5 Å². The SMILES string of the molecule is CN=C(NCCNc1ccccn1)N1CCC2(CCOC2)C1.I. The van der Waals surface area contributed by atoms with Gasteiger partial charge in [0.2, 0.25) is 0 Å². The highest BCUT2D eigenvalue weighted by atomic mass is 127. The van der Waals surface area contributed by atoms with E-state index < -0.39 is 0 Å². The zero-order valence-electron chi connectivity index (χ0n) is 13.6. The van der Waals surface area contributed by atoms with Crippen molar-refractivity contribution < 1.29 is 4.74 Å². The minimum Gasteiger partial charge on any atom is -0.381 e. The Bertz CT molecular complexity index is 504. The molecule has 2 N–H and O–H groups in total.